The normalized spacial score (nSPS) is 23.2. The Bertz CT molecular complexity index is 715. The number of nitrogens with one attached hydrogen (secondary N) is 1. The second kappa shape index (κ2) is 8.43. The lowest BCUT2D eigenvalue weighted by Crippen LogP contribution is -2.48. The van der Waals surface area contributed by atoms with E-state index in [1.54, 1.807) is 12.2 Å². The predicted molar refractivity (Wildman–Crippen MR) is 88.6 cm³/mol. The van der Waals surface area contributed by atoms with Gasteiger partial charge in [0.15, 0.2) is 0 Å². The lowest BCUT2D eigenvalue weighted by Gasteiger charge is -2.31. The molecule has 9 heteroatoms. The molecule has 0 saturated carbocycles. The number of hydrogen-bond acceptors (Lipinski definition) is 7. The average molecular weight is 371 g/mol. The number of benzene rings is 1. The van der Waals surface area contributed by atoms with E-state index in [1.165, 1.54) is 38.5 Å². The Hall–Kier alpha value is -1.94. The molecule has 0 unspecified atom stereocenters. The third-order valence-corrected chi connectivity index (χ3v) is 5.19. The van der Waals surface area contributed by atoms with E-state index in [-0.39, 0.29) is 11.3 Å². The smallest absolute Gasteiger partial charge is 0.308 e. The zero-order valence-electron chi connectivity index (χ0n) is 13.9. The van der Waals surface area contributed by atoms with Gasteiger partial charge in [-0.05, 0) is 24.3 Å². The summed E-state index contributed by atoms with van der Waals surface area (Å²) in [6.45, 7) is -0.405. The number of esters is 1. The first kappa shape index (κ1) is 19.4. The van der Waals surface area contributed by atoms with Crippen LogP contribution in [0.5, 0.6) is 5.75 Å². The van der Waals surface area contributed by atoms with Gasteiger partial charge in [0.25, 0.3) is 0 Å². The van der Waals surface area contributed by atoms with E-state index in [4.69, 9.17) is 9.47 Å². The highest BCUT2D eigenvalue weighted by molar-refractivity contribution is 7.89. The van der Waals surface area contributed by atoms with Crippen LogP contribution in [0, 0.1) is 0 Å². The molecule has 1 aromatic rings. The van der Waals surface area contributed by atoms with Gasteiger partial charge in [0.1, 0.15) is 11.9 Å². The molecule has 3 atom stereocenters. The first-order valence-electron chi connectivity index (χ1n) is 7.57. The van der Waals surface area contributed by atoms with Crippen LogP contribution in [0.3, 0.4) is 0 Å². The van der Waals surface area contributed by atoms with Crippen molar-refractivity contribution in [1.29, 1.82) is 0 Å². The van der Waals surface area contributed by atoms with Crippen molar-refractivity contribution >= 4 is 16.0 Å². The van der Waals surface area contributed by atoms with Crippen LogP contribution < -0.4 is 9.46 Å². The van der Waals surface area contributed by atoms with Crippen LogP contribution in [0.15, 0.2) is 41.3 Å². The molecule has 25 heavy (non-hydrogen) atoms. The monoisotopic (exact) mass is 371 g/mol. The zero-order valence-corrected chi connectivity index (χ0v) is 14.7. The number of ether oxygens (including phenoxy) is 3. The van der Waals surface area contributed by atoms with E-state index in [0.717, 1.165) is 0 Å². The molecule has 1 aromatic carbocycles. The quantitative estimate of drug-likeness (QED) is 0.521. The Morgan fingerprint density at radius 3 is 2.48 bits per heavy atom. The van der Waals surface area contributed by atoms with Gasteiger partial charge in [-0.1, -0.05) is 12.2 Å². The number of carbonyl (C=O) groups excluding carboxylic acids is 1. The third-order valence-electron chi connectivity index (χ3n) is 3.72. The van der Waals surface area contributed by atoms with Crippen molar-refractivity contribution in [2.75, 3.05) is 20.8 Å². The number of methoxy groups -OCH3 is 2. The van der Waals surface area contributed by atoms with Crippen LogP contribution in [0.4, 0.5) is 0 Å². The number of aliphatic hydroxyl groups is 1. The van der Waals surface area contributed by atoms with Crippen LogP contribution in [0.2, 0.25) is 0 Å². The Morgan fingerprint density at radius 1 is 1.24 bits per heavy atom. The first-order chi connectivity index (χ1) is 11.9. The minimum Gasteiger partial charge on any atom is -0.497 e. The van der Waals surface area contributed by atoms with Crippen LogP contribution >= 0.6 is 0 Å². The lowest BCUT2D eigenvalue weighted by atomic mass is 10.1. The summed E-state index contributed by atoms with van der Waals surface area (Å²) in [6, 6.07) is 5.16. The van der Waals surface area contributed by atoms with Crippen LogP contribution in [0.1, 0.15) is 6.42 Å². The molecule has 0 bridgehead atoms. The molecule has 0 spiro atoms. The Morgan fingerprint density at radius 2 is 1.92 bits per heavy atom. The van der Waals surface area contributed by atoms with Crippen LogP contribution in [0.25, 0.3) is 0 Å². The zero-order chi connectivity index (χ0) is 18.4. The van der Waals surface area contributed by atoms with E-state index >= 15 is 0 Å². The van der Waals surface area contributed by atoms with E-state index in [2.05, 4.69) is 9.46 Å². The maximum Gasteiger partial charge on any atom is 0.308 e. The summed E-state index contributed by atoms with van der Waals surface area (Å²) >= 11 is 0. The third kappa shape index (κ3) is 5.02. The molecule has 0 saturated heterocycles. The van der Waals surface area contributed by atoms with Gasteiger partial charge in [-0.3, -0.25) is 4.79 Å². The van der Waals surface area contributed by atoms with Gasteiger partial charge in [0, 0.05) is 0 Å². The van der Waals surface area contributed by atoms with Crippen molar-refractivity contribution in [3.05, 3.63) is 36.4 Å². The fourth-order valence-corrected chi connectivity index (χ4v) is 3.58. The summed E-state index contributed by atoms with van der Waals surface area (Å²) < 4.78 is 42.5. The van der Waals surface area contributed by atoms with Crippen molar-refractivity contribution in [3.63, 3.8) is 0 Å². The molecular formula is C16H21NO7S. The second-order valence-electron chi connectivity index (χ2n) is 5.38. The number of aliphatic hydroxyl groups excluding tert-OH is 1. The summed E-state index contributed by atoms with van der Waals surface area (Å²) in [6.07, 6.45) is 1.74. The molecule has 138 valence electrons. The van der Waals surface area contributed by atoms with Gasteiger partial charge < -0.3 is 19.3 Å². The summed E-state index contributed by atoms with van der Waals surface area (Å²) in [5.41, 5.74) is 0. The second-order valence-corrected chi connectivity index (χ2v) is 7.10. The van der Waals surface area contributed by atoms with Gasteiger partial charge in [-0.2, -0.15) is 0 Å². The number of carbonyl (C=O) groups is 1. The minimum atomic E-state index is -3.81. The molecule has 2 rings (SSSR count). The maximum atomic E-state index is 12.5. The van der Waals surface area contributed by atoms with Crippen molar-refractivity contribution in [2.45, 2.75) is 29.6 Å². The molecule has 0 fully saturated rings. The first-order valence-corrected chi connectivity index (χ1v) is 9.05. The SMILES string of the molecule is COC(=O)C[C@@H]1C=C[C@H](NS(=O)(=O)c2ccc(OC)cc2)[C@@H](CO)O1. The molecule has 2 N–H and O–H groups in total. The van der Waals surface area contributed by atoms with Gasteiger partial charge in [-0.25, -0.2) is 13.1 Å². The summed E-state index contributed by atoms with van der Waals surface area (Å²) in [5.74, 6) is 0.0855. The van der Waals surface area contributed by atoms with Crippen molar-refractivity contribution in [3.8, 4) is 5.75 Å². The van der Waals surface area contributed by atoms with Gasteiger partial charge in [0.05, 0.1) is 44.3 Å². The highest BCUT2D eigenvalue weighted by atomic mass is 32.2. The number of sulfonamides is 1. The predicted octanol–water partition coefficient (Wildman–Crippen LogP) is 0.221. The van der Waals surface area contributed by atoms with E-state index < -0.39 is 40.8 Å². The summed E-state index contributed by atoms with van der Waals surface area (Å²) in [5, 5.41) is 9.48. The Balaban J connectivity index is 2.11. The molecule has 1 aliphatic heterocycles. The molecule has 0 aliphatic carbocycles. The van der Waals surface area contributed by atoms with Crippen molar-refractivity contribution in [2.24, 2.45) is 0 Å². The highest BCUT2D eigenvalue weighted by Crippen LogP contribution is 2.20. The van der Waals surface area contributed by atoms with Gasteiger partial charge in [0.2, 0.25) is 10.0 Å². The topological polar surface area (TPSA) is 111 Å². The molecular weight excluding hydrogens is 350 g/mol. The van der Waals surface area contributed by atoms with E-state index in [0.29, 0.717) is 5.75 Å². The van der Waals surface area contributed by atoms with Crippen LogP contribution in [-0.2, 0) is 24.3 Å². The average Bonchev–Trinajstić information content (AvgIpc) is 2.62. The van der Waals surface area contributed by atoms with Gasteiger partial charge >= 0.3 is 5.97 Å². The lowest BCUT2D eigenvalue weighted by molar-refractivity contribution is -0.144. The molecule has 1 aliphatic rings. The molecule has 0 radical (unpaired) electrons. The molecule has 8 nitrogen and oxygen atoms in total. The van der Waals surface area contributed by atoms with E-state index in [9.17, 15) is 18.3 Å². The molecule has 0 aromatic heterocycles. The largest absolute Gasteiger partial charge is 0.497 e. The maximum absolute atomic E-state index is 12.5. The Kier molecular flexibility index (Phi) is 6.54. The standard InChI is InChI=1S/C16H21NO7S/c1-22-11-3-6-13(7-4-11)25(20,21)17-14-8-5-12(9-16(19)23-2)24-15(14)10-18/h3-8,12,14-15,17-18H,9-10H2,1-2H3/t12-,14-,15+/m0/s1. The summed E-state index contributed by atoms with van der Waals surface area (Å²) in [7, 11) is -1.06. The van der Waals surface area contributed by atoms with Crippen LogP contribution in [-0.4, -0.2) is 58.6 Å². The fourth-order valence-electron chi connectivity index (χ4n) is 2.36. The number of rotatable bonds is 7. The fraction of sp³-hybridized carbons (Fsp3) is 0.438. The molecule has 1 heterocycles. The number of hydrogen-bond donors (Lipinski definition) is 2. The molecule has 0 amide bonds. The van der Waals surface area contributed by atoms with E-state index in [1.807, 2.05) is 0 Å². The van der Waals surface area contributed by atoms with Crippen molar-refractivity contribution < 1.29 is 32.5 Å². The van der Waals surface area contributed by atoms with Crippen molar-refractivity contribution in [1.82, 2.24) is 4.72 Å². The Labute approximate surface area is 146 Å². The summed E-state index contributed by atoms with van der Waals surface area (Å²) in [4.78, 5) is 11.4. The van der Waals surface area contributed by atoms with Gasteiger partial charge in [-0.15, -0.1) is 0 Å². The highest BCUT2D eigenvalue weighted by Gasteiger charge is 2.31. The minimum absolute atomic E-state index is 0.0125.